The fourth-order valence-corrected chi connectivity index (χ4v) is 3.08. The summed E-state index contributed by atoms with van der Waals surface area (Å²) in [5, 5.41) is 0. The number of aryl methyl sites for hydroxylation is 1. The van der Waals surface area contributed by atoms with Crippen LogP contribution in [-0.2, 0) is 9.59 Å². The molecule has 0 spiro atoms. The summed E-state index contributed by atoms with van der Waals surface area (Å²) in [6, 6.07) is 4.30. The van der Waals surface area contributed by atoms with Crippen LogP contribution in [0.25, 0.3) is 0 Å². The zero-order chi connectivity index (χ0) is 15.1. The number of benzene rings is 1. The number of fused-ring (bicyclic) bond motifs is 1. The fourth-order valence-electron chi connectivity index (χ4n) is 3.08. The largest absolute Gasteiger partial charge is 0.299 e. The molecule has 1 aliphatic carbocycles. The Morgan fingerprint density at radius 1 is 1.10 bits per heavy atom. The summed E-state index contributed by atoms with van der Waals surface area (Å²) in [4.78, 5) is 49.7. The highest BCUT2D eigenvalue weighted by atomic mass is 16.2. The van der Waals surface area contributed by atoms with Crippen LogP contribution in [0.15, 0.2) is 18.2 Å². The van der Waals surface area contributed by atoms with E-state index in [1.165, 1.54) is 0 Å². The standard InChI is InChI=1S/C16H15NO4/c1-9-4-2-6-11-14(9)16(21)17(15(11)20)12-7-3-5-10(18)8-13(12)19/h2,4,6,12H,3,5,7-8H2,1H3/t12-/m0/s1. The van der Waals surface area contributed by atoms with E-state index in [1.807, 2.05) is 0 Å². The van der Waals surface area contributed by atoms with E-state index in [9.17, 15) is 19.2 Å². The van der Waals surface area contributed by atoms with Crippen molar-refractivity contribution in [3.63, 3.8) is 0 Å². The number of hydrogen-bond donors (Lipinski definition) is 0. The zero-order valence-corrected chi connectivity index (χ0v) is 11.7. The lowest BCUT2D eigenvalue weighted by atomic mass is 10.0. The monoisotopic (exact) mass is 285 g/mol. The summed E-state index contributed by atoms with van der Waals surface area (Å²) in [5.74, 6) is -1.29. The van der Waals surface area contributed by atoms with E-state index in [0.717, 1.165) is 10.5 Å². The van der Waals surface area contributed by atoms with Gasteiger partial charge in [0.25, 0.3) is 11.8 Å². The van der Waals surface area contributed by atoms with E-state index < -0.39 is 17.9 Å². The molecule has 3 rings (SSSR count). The first kappa shape index (κ1) is 13.7. The molecule has 2 amide bonds. The molecule has 0 bridgehead atoms. The topological polar surface area (TPSA) is 71.5 Å². The van der Waals surface area contributed by atoms with Crippen molar-refractivity contribution in [2.24, 2.45) is 0 Å². The van der Waals surface area contributed by atoms with Crippen LogP contribution in [-0.4, -0.2) is 34.3 Å². The molecule has 1 aromatic rings. The van der Waals surface area contributed by atoms with Crippen LogP contribution in [0.5, 0.6) is 0 Å². The van der Waals surface area contributed by atoms with E-state index in [1.54, 1.807) is 25.1 Å². The Morgan fingerprint density at radius 3 is 2.57 bits per heavy atom. The van der Waals surface area contributed by atoms with Crippen molar-refractivity contribution in [3.05, 3.63) is 34.9 Å². The summed E-state index contributed by atoms with van der Waals surface area (Å²) in [5.41, 5.74) is 1.46. The number of imide groups is 1. The summed E-state index contributed by atoms with van der Waals surface area (Å²) in [7, 11) is 0. The molecule has 1 aromatic carbocycles. The predicted molar refractivity (Wildman–Crippen MR) is 73.9 cm³/mol. The Labute approximate surface area is 121 Å². The van der Waals surface area contributed by atoms with Gasteiger partial charge in [-0.15, -0.1) is 0 Å². The lowest BCUT2D eigenvalue weighted by molar-refractivity contribution is -0.128. The maximum Gasteiger partial charge on any atom is 0.262 e. The van der Waals surface area contributed by atoms with Gasteiger partial charge in [0.05, 0.1) is 23.6 Å². The van der Waals surface area contributed by atoms with Gasteiger partial charge in [-0.25, -0.2) is 0 Å². The first-order chi connectivity index (χ1) is 10.0. The van der Waals surface area contributed by atoms with E-state index >= 15 is 0 Å². The van der Waals surface area contributed by atoms with Gasteiger partial charge in [-0.1, -0.05) is 12.1 Å². The molecular weight excluding hydrogens is 270 g/mol. The van der Waals surface area contributed by atoms with Crippen molar-refractivity contribution in [1.29, 1.82) is 0 Å². The van der Waals surface area contributed by atoms with Gasteiger partial charge in [0.2, 0.25) is 0 Å². The highest BCUT2D eigenvalue weighted by Gasteiger charge is 2.43. The number of nitrogens with zero attached hydrogens (tertiary/aromatic N) is 1. The minimum atomic E-state index is -0.803. The number of carbonyl (C=O) groups excluding carboxylic acids is 4. The third kappa shape index (κ3) is 2.09. The van der Waals surface area contributed by atoms with Gasteiger partial charge in [-0.2, -0.15) is 0 Å². The van der Waals surface area contributed by atoms with Crippen molar-refractivity contribution in [2.45, 2.75) is 38.6 Å². The molecule has 5 nitrogen and oxygen atoms in total. The number of carbonyl (C=O) groups is 4. The third-order valence-corrected chi connectivity index (χ3v) is 4.14. The molecule has 0 aromatic heterocycles. The molecule has 2 aliphatic rings. The van der Waals surface area contributed by atoms with E-state index in [-0.39, 0.29) is 18.0 Å². The second-order valence-corrected chi connectivity index (χ2v) is 5.57. The quantitative estimate of drug-likeness (QED) is 0.447. The van der Waals surface area contributed by atoms with Gasteiger partial charge in [-0.05, 0) is 31.4 Å². The van der Waals surface area contributed by atoms with Crippen LogP contribution >= 0.6 is 0 Å². The van der Waals surface area contributed by atoms with Gasteiger partial charge in [0.15, 0.2) is 5.78 Å². The minimum Gasteiger partial charge on any atom is -0.299 e. The Kier molecular flexibility index (Phi) is 3.20. The molecule has 1 heterocycles. The molecule has 21 heavy (non-hydrogen) atoms. The average Bonchev–Trinajstić information content (AvgIpc) is 2.57. The van der Waals surface area contributed by atoms with Gasteiger partial charge in [-0.3, -0.25) is 24.1 Å². The predicted octanol–water partition coefficient (Wildman–Crippen LogP) is 1.67. The Balaban J connectivity index is 2.00. The number of amides is 2. The Hall–Kier alpha value is -2.30. The minimum absolute atomic E-state index is 0.115. The normalized spacial score (nSPS) is 22.5. The van der Waals surface area contributed by atoms with E-state index in [0.29, 0.717) is 30.4 Å². The van der Waals surface area contributed by atoms with Crippen LogP contribution in [0.1, 0.15) is 52.0 Å². The molecule has 1 saturated carbocycles. The Morgan fingerprint density at radius 2 is 1.86 bits per heavy atom. The number of hydrogen-bond acceptors (Lipinski definition) is 4. The molecule has 5 heteroatoms. The van der Waals surface area contributed by atoms with Crippen LogP contribution in [0.3, 0.4) is 0 Å². The molecule has 0 N–H and O–H groups in total. The van der Waals surface area contributed by atoms with Crippen molar-refractivity contribution >= 4 is 23.4 Å². The lowest BCUT2D eigenvalue weighted by Crippen LogP contribution is -2.44. The Bertz CT molecular complexity index is 677. The highest BCUT2D eigenvalue weighted by molar-refractivity contribution is 6.24. The van der Waals surface area contributed by atoms with E-state index in [4.69, 9.17) is 0 Å². The maximum absolute atomic E-state index is 12.5. The first-order valence-corrected chi connectivity index (χ1v) is 7.02. The van der Waals surface area contributed by atoms with Gasteiger partial charge in [0, 0.05) is 6.42 Å². The number of ketones is 2. The number of Topliss-reactive ketones (excluding diaryl/α,β-unsaturated/α-hetero) is 2. The third-order valence-electron chi connectivity index (χ3n) is 4.14. The molecule has 0 saturated heterocycles. The van der Waals surface area contributed by atoms with Gasteiger partial charge < -0.3 is 0 Å². The second kappa shape index (κ2) is 4.91. The molecule has 108 valence electrons. The average molecular weight is 285 g/mol. The molecule has 1 fully saturated rings. The van der Waals surface area contributed by atoms with Gasteiger partial charge >= 0.3 is 0 Å². The summed E-state index contributed by atoms with van der Waals surface area (Å²) in [6.07, 6.45) is 1.05. The molecule has 0 unspecified atom stereocenters. The van der Waals surface area contributed by atoms with Crippen molar-refractivity contribution in [3.8, 4) is 0 Å². The van der Waals surface area contributed by atoms with Crippen molar-refractivity contribution in [1.82, 2.24) is 4.90 Å². The zero-order valence-electron chi connectivity index (χ0n) is 11.7. The van der Waals surface area contributed by atoms with Crippen molar-refractivity contribution in [2.75, 3.05) is 0 Å². The lowest BCUT2D eigenvalue weighted by Gasteiger charge is -2.23. The van der Waals surface area contributed by atoms with E-state index in [2.05, 4.69) is 0 Å². The first-order valence-electron chi connectivity index (χ1n) is 7.02. The maximum atomic E-state index is 12.5. The van der Waals surface area contributed by atoms with Crippen molar-refractivity contribution < 1.29 is 19.2 Å². The molecule has 1 aliphatic heterocycles. The van der Waals surface area contributed by atoms with Crippen LogP contribution in [0.2, 0.25) is 0 Å². The SMILES string of the molecule is Cc1cccc2c1C(=O)N([C@H]1CCCC(=O)CC1=O)C2=O. The molecule has 0 radical (unpaired) electrons. The fraction of sp³-hybridized carbons (Fsp3) is 0.375. The summed E-state index contributed by atoms with van der Waals surface area (Å²) in [6.45, 7) is 1.77. The molecule has 1 atom stereocenters. The number of rotatable bonds is 1. The summed E-state index contributed by atoms with van der Waals surface area (Å²) < 4.78 is 0. The van der Waals surface area contributed by atoms with Crippen LogP contribution in [0.4, 0.5) is 0 Å². The molecular formula is C16H15NO4. The van der Waals surface area contributed by atoms with Crippen LogP contribution in [0, 0.1) is 6.92 Å². The highest BCUT2D eigenvalue weighted by Crippen LogP contribution is 2.30. The smallest absolute Gasteiger partial charge is 0.262 e. The van der Waals surface area contributed by atoms with Crippen LogP contribution < -0.4 is 0 Å². The second-order valence-electron chi connectivity index (χ2n) is 5.57. The van der Waals surface area contributed by atoms with Gasteiger partial charge in [0.1, 0.15) is 5.78 Å². The summed E-state index contributed by atoms with van der Waals surface area (Å²) >= 11 is 0.